The van der Waals surface area contributed by atoms with Crippen LogP contribution in [0.5, 0.6) is 5.75 Å². The molecule has 1 heterocycles. The van der Waals surface area contributed by atoms with Crippen molar-refractivity contribution in [3.05, 3.63) is 59.7 Å². The Morgan fingerprint density at radius 1 is 1.10 bits per heavy atom. The summed E-state index contributed by atoms with van der Waals surface area (Å²) in [5, 5.41) is 8.95. The first-order valence-electron chi connectivity index (χ1n) is 9.52. The SMILES string of the molecule is COc1ccc(C(=O)N(C2CC(=O)N(c3ccc(C#N)cc3)C2=O)C(C)(C)C)cc1. The number of hydrogen-bond acceptors (Lipinski definition) is 5. The van der Waals surface area contributed by atoms with Crippen LogP contribution in [-0.2, 0) is 9.59 Å². The number of ether oxygens (including phenoxy) is 1. The number of benzene rings is 2. The molecule has 3 amide bonds. The highest BCUT2D eigenvalue weighted by molar-refractivity contribution is 6.23. The monoisotopic (exact) mass is 405 g/mol. The van der Waals surface area contributed by atoms with E-state index in [4.69, 9.17) is 10.00 Å². The van der Waals surface area contributed by atoms with E-state index in [1.165, 1.54) is 4.90 Å². The van der Waals surface area contributed by atoms with E-state index in [0.717, 1.165) is 4.90 Å². The van der Waals surface area contributed by atoms with Crippen molar-refractivity contribution in [3.63, 3.8) is 0 Å². The standard InChI is InChI=1S/C23H23N3O4/c1-23(2,3)26(21(28)16-7-11-18(30-4)12-8-16)19-13-20(27)25(22(19)29)17-9-5-15(14-24)6-10-17/h5-12,19H,13H2,1-4H3. The molecule has 0 spiro atoms. The molecule has 3 rings (SSSR count). The number of nitriles is 1. The fourth-order valence-electron chi connectivity index (χ4n) is 3.56. The van der Waals surface area contributed by atoms with Crippen LogP contribution in [0.25, 0.3) is 0 Å². The Kier molecular flexibility index (Phi) is 5.61. The normalized spacial score (nSPS) is 16.4. The summed E-state index contributed by atoms with van der Waals surface area (Å²) in [6.07, 6.45) is -0.0992. The number of methoxy groups -OCH3 is 1. The second kappa shape index (κ2) is 7.99. The number of carbonyl (C=O) groups is 3. The van der Waals surface area contributed by atoms with Crippen LogP contribution in [0.1, 0.15) is 43.1 Å². The molecule has 1 saturated heterocycles. The first-order valence-corrected chi connectivity index (χ1v) is 9.52. The molecule has 7 nitrogen and oxygen atoms in total. The molecule has 154 valence electrons. The van der Waals surface area contributed by atoms with Crippen LogP contribution < -0.4 is 9.64 Å². The molecule has 0 aliphatic carbocycles. The zero-order chi connectivity index (χ0) is 22.1. The predicted molar refractivity (Wildman–Crippen MR) is 111 cm³/mol. The lowest BCUT2D eigenvalue weighted by Crippen LogP contribution is -2.54. The first kappa shape index (κ1) is 21.1. The van der Waals surface area contributed by atoms with E-state index >= 15 is 0 Å². The minimum Gasteiger partial charge on any atom is -0.497 e. The highest BCUT2D eigenvalue weighted by atomic mass is 16.5. The molecular weight excluding hydrogens is 382 g/mol. The molecule has 1 aliphatic rings. The van der Waals surface area contributed by atoms with Crippen molar-refractivity contribution < 1.29 is 19.1 Å². The molecule has 1 unspecified atom stereocenters. The maximum Gasteiger partial charge on any atom is 0.257 e. The van der Waals surface area contributed by atoms with Gasteiger partial charge in [0.2, 0.25) is 5.91 Å². The average Bonchev–Trinajstić information content (AvgIpc) is 3.00. The second-order valence-corrected chi connectivity index (χ2v) is 8.02. The van der Waals surface area contributed by atoms with E-state index in [9.17, 15) is 14.4 Å². The van der Waals surface area contributed by atoms with E-state index < -0.39 is 17.5 Å². The minimum atomic E-state index is -0.914. The minimum absolute atomic E-state index is 0.0992. The van der Waals surface area contributed by atoms with Crippen molar-refractivity contribution in [1.29, 1.82) is 5.26 Å². The van der Waals surface area contributed by atoms with E-state index in [1.807, 2.05) is 26.8 Å². The van der Waals surface area contributed by atoms with Gasteiger partial charge in [0, 0.05) is 11.1 Å². The van der Waals surface area contributed by atoms with Gasteiger partial charge >= 0.3 is 0 Å². The van der Waals surface area contributed by atoms with E-state index in [-0.39, 0.29) is 18.2 Å². The third-order valence-corrected chi connectivity index (χ3v) is 4.97. The van der Waals surface area contributed by atoms with Gasteiger partial charge in [-0.3, -0.25) is 14.4 Å². The molecule has 0 aromatic heterocycles. The van der Waals surface area contributed by atoms with Crippen LogP contribution in [0, 0.1) is 11.3 Å². The van der Waals surface area contributed by atoms with Crippen LogP contribution in [0.15, 0.2) is 48.5 Å². The van der Waals surface area contributed by atoms with Crippen LogP contribution in [0.3, 0.4) is 0 Å². The van der Waals surface area contributed by atoms with Crippen molar-refractivity contribution in [2.75, 3.05) is 12.0 Å². The number of hydrogen-bond donors (Lipinski definition) is 0. The van der Waals surface area contributed by atoms with Crippen molar-refractivity contribution in [2.24, 2.45) is 0 Å². The lowest BCUT2D eigenvalue weighted by Gasteiger charge is -2.39. The molecule has 0 saturated carbocycles. The van der Waals surface area contributed by atoms with Gasteiger partial charge < -0.3 is 9.64 Å². The fraction of sp³-hybridized carbons (Fsp3) is 0.304. The van der Waals surface area contributed by atoms with Crippen molar-refractivity contribution in [2.45, 2.75) is 38.8 Å². The van der Waals surface area contributed by atoms with Gasteiger partial charge in [-0.2, -0.15) is 5.26 Å². The maximum atomic E-state index is 13.3. The van der Waals surface area contributed by atoms with Crippen LogP contribution in [0.4, 0.5) is 5.69 Å². The van der Waals surface area contributed by atoms with Crippen LogP contribution in [-0.4, -0.2) is 41.3 Å². The molecule has 1 fully saturated rings. The Bertz CT molecular complexity index is 1010. The number of carbonyl (C=O) groups excluding carboxylic acids is 3. The summed E-state index contributed by atoms with van der Waals surface area (Å²) >= 11 is 0. The maximum absolute atomic E-state index is 13.3. The summed E-state index contributed by atoms with van der Waals surface area (Å²) in [5.41, 5.74) is 0.527. The molecule has 7 heteroatoms. The zero-order valence-electron chi connectivity index (χ0n) is 17.4. The van der Waals surface area contributed by atoms with E-state index in [0.29, 0.717) is 22.6 Å². The summed E-state index contributed by atoms with van der Waals surface area (Å²) < 4.78 is 5.14. The summed E-state index contributed by atoms with van der Waals surface area (Å²) in [4.78, 5) is 41.8. The molecular formula is C23H23N3O4. The van der Waals surface area contributed by atoms with Crippen molar-refractivity contribution >= 4 is 23.4 Å². The summed E-state index contributed by atoms with van der Waals surface area (Å²) in [6.45, 7) is 5.49. The number of rotatable bonds is 4. The lowest BCUT2D eigenvalue weighted by molar-refractivity contribution is -0.123. The Labute approximate surface area is 175 Å². The number of amides is 3. The predicted octanol–water partition coefficient (Wildman–Crippen LogP) is 3.14. The van der Waals surface area contributed by atoms with E-state index in [2.05, 4.69) is 0 Å². The van der Waals surface area contributed by atoms with Gasteiger partial charge in [0.25, 0.3) is 11.8 Å². The molecule has 30 heavy (non-hydrogen) atoms. The van der Waals surface area contributed by atoms with Gasteiger partial charge in [0.15, 0.2) is 0 Å². The van der Waals surface area contributed by atoms with Gasteiger partial charge in [-0.1, -0.05) is 0 Å². The van der Waals surface area contributed by atoms with Gasteiger partial charge in [0.05, 0.1) is 30.9 Å². The summed E-state index contributed by atoms with van der Waals surface area (Å²) in [7, 11) is 1.54. The fourth-order valence-corrected chi connectivity index (χ4v) is 3.56. The van der Waals surface area contributed by atoms with Gasteiger partial charge in [-0.15, -0.1) is 0 Å². The van der Waals surface area contributed by atoms with Crippen LogP contribution in [0.2, 0.25) is 0 Å². The molecule has 2 aromatic rings. The topological polar surface area (TPSA) is 90.7 Å². The molecule has 1 aliphatic heterocycles. The summed E-state index contributed by atoms with van der Waals surface area (Å²) in [6, 6.07) is 13.9. The molecule has 1 atom stereocenters. The number of anilines is 1. The average molecular weight is 405 g/mol. The smallest absolute Gasteiger partial charge is 0.257 e. The Morgan fingerprint density at radius 2 is 1.70 bits per heavy atom. The van der Waals surface area contributed by atoms with Crippen molar-refractivity contribution in [1.82, 2.24) is 4.90 Å². The Morgan fingerprint density at radius 3 is 2.20 bits per heavy atom. The number of nitrogens with zero attached hydrogens (tertiary/aromatic N) is 3. The van der Waals surface area contributed by atoms with Crippen LogP contribution >= 0.6 is 0 Å². The highest BCUT2D eigenvalue weighted by Gasteiger charge is 2.47. The van der Waals surface area contributed by atoms with E-state index in [1.54, 1.807) is 55.6 Å². The quantitative estimate of drug-likeness (QED) is 0.729. The molecule has 0 bridgehead atoms. The third kappa shape index (κ3) is 3.90. The van der Waals surface area contributed by atoms with Gasteiger partial charge in [-0.05, 0) is 69.3 Å². The molecule has 0 N–H and O–H groups in total. The van der Waals surface area contributed by atoms with Gasteiger partial charge in [-0.25, -0.2) is 4.90 Å². The Hall–Kier alpha value is -3.66. The summed E-state index contributed by atoms with van der Waals surface area (Å²) in [5.74, 6) is -0.557. The third-order valence-electron chi connectivity index (χ3n) is 4.97. The lowest BCUT2D eigenvalue weighted by atomic mass is 9.99. The number of imide groups is 1. The molecule has 2 aromatic carbocycles. The Balaban J connectivity index is 1.94. The highest BCUT2D eigenvalue weighted by Crippen LogP contribution is 2.31. The molecule has 0 radical (unpaired) electrons. The largest absolute Gasteiger partial charge is 0.497 e. The first-order chi connectivity index (χ1) is 14.2. The van der Waals surface area contributed by atoms with Crippen molar-refractivity contribution in [3.8, 4) is 11.8 Å². The zero-order valence-corrected chi connectivity index (χ0v) is 17.4. The second-order valence-electron chi connectivity index (χ2n) is 8.02. The van der Waals surface area contributed by atoms with Gasteiger partial charge in [0.1, 0.15) is 11.8 Å².